The van der Waals surface area contributed by atoms with E-state index in [1.807, 2.05) is 30.3 Å². The second-order valence-electron chi connectivity index (χ2n) is 6.07. The molecule has 1 aromatic heterocycles. The van der Waals surface area contributed by atoms with Gasteiger partial charge in [0.2, 0.25) is 11.7 Å². The summed E-state index contributed by atoms with van der Waals surface area (Å²) >= 11 is 0. The number of carbonyl (C=O) groups is 1. The molecular weight excluding hydrogens is 334 g/mol. The molecule has 0 unspecified atom stereocenters. The van der Waals surface area contributed by atoms with Crippen LogP contribution in [0.1, 0.15) is 16.7 Å². The number of benzene rings is 2. The second kappa shape index (κ2) is 7.31. The molecule has 0 aliphatic heterocycles. The largest absolute Gasteiger partial charge is 0.504 e. The average molecular weight is 353 g/mol. The minimum absolute atomic E-state index is 0.0827. The molecule has 3 N–H and O–H groups in total. The van der Waals surface area contributed by atoms with Gasteiger partial charge >= 0.3 is 5.63 Å². The van der Waals surface area contributed by atoms with Crippen LogP contribution < -0.4 is 10.9 Å². The SMILES string of the molecule is Cc1c(CC(=O)NCCc2ccccc2)c(=O)oc2c(O)c(O)ccc12. The van der Waals surface area contributed by atoms with Crippen molar-refractivity contribution in [2.45, 2.75) is 19.8 Å². The zero-order valence-electron chi connectivity index (χ0n) is 14.3. The molecule has 3 aromatic rings. The maximum Gasteiger partial charge on any atom is 0.340 e. The van der Waals surface area contributed by atoms with E-state index in [1.165, 1.54) is 6.07 Å². The van der Waals surface area contributed by atoms with Gasteiger partial charge in [0, 0.05) is 11.9 Å². The fraction of sp³-hybridized carbons (Fsp3) is 0.200. The maximum absolute atomic E-state index is 12.2. The highest BCUT2D eigenvalue weighted by molar-refractivity contribution is 5.89. The molecule has 0 bridgehead atoms. The van der Waals surface area contributed by atoms with Gasteiger partial charge in [0.25, 0.3) is 0 Å². The number of fused-ring (bicyclic) bond motifs is 1. The van der Waals surface area contributed by atoms with Gasteiger partial charge in [-0.2, -0.15) is 0 Å². The van der Waals surface area contributed by atoms with Crippen LogP contribution in [0.4, 0.5) is 0 Å². The molecule has 0 aliphatic rings. The van der Waals surface area contributed by atoms with Crippen LogP contribution in [-0.2, 0) is 17.6 Å². The van der Waals surface area contributed by atoms with E-state index in [4.69, 9.17) is 4.42 Å². The minimum atomic E-state index is -0.700. The van der Waals surface area contributed by atoms with Crippen molar-refractivity contribution in [2.75, 3.05) is 6.54 Å². The Bertz CT molecular complexity index is 1010. The van der Waals surface area contributed by atoms with Crippen molar-refractivity contribution in [3.63, 3.8) is 0 Å². The quantitative estimate of drug-likeness (QED) is 0.483. The summed E-state index contributed by atoms with van der Waals surface area (Å²) in [5.74, 6) is -1.13. The minimum Gasteiger partial charge on any atom is -0.504 e. The topological polar surface area (TPSA) is 99.8 Å². The molecule has 0 radical (unpaired) electrons. The number of rotatable bonds is 5. The molecule has 0 spiro atoms. The standard InChI is InChI=1S/C20H19NO5/c1-12-14-7-8-16(22)18(24)19(14)26-20(25)15(12)11-17(23)21-10-9-13-5-3-2-4-6-13/h2-8,22,24H,9-11H2,1H3,(H,21,23). The molecule has 6 heteroatoms. The summed E-state index contributed by atoms with van der Waals surface area (Å²) < 4.78 is 5.11. The molecular formula is C20H19NO5. The number of aryl methyl sites for hydroxylation is 1. The molecule has 1 heterocycles. The Balaban J connectivity index is 1.75. The van der Waals surface area contributed by atoms with Crippen LogP contribution in [-0.4, -0.2) is 22.7 Å². The lowest BCUT2D eigenvalue weighted by molar-refractivity contribution is -0.120. The van der Waals surface area contributed by atoms with E-state index in [9.17, 15) is 19.8 Å². The highest BCUT2D eigenvalue weighted by Gasteiger charge is 2.18. The fourth-order valence-corrected chi connectivity index (χ4v) is 2.85. The molecule has 134 valence electrons. The monoisotopic (exact) mass is 353 g/mol. The van der Waals surface area contributed by atoms with Gasteiger partial charge in [-0.25, -0.2) is 4.79 Å². The summed E-state index contributed by atoms with van der Waals surface area (Å²) in [6.07, 6.45) is 0.589. The van der Waals surface area contributed by atoms with Crippen LogP contribution >= 0.6 is 0 Å². The first-order valence-electron chi connectivity index (χ1n) is 8.25. The molecule has 0 aliphatic carbocycles. The lowest BCUT2D eigenvalue weighted by atomic mass is 10.0. The molecule has 6 nitrogen and oxygen atoms in total. The third kappa shape index (κ3) is 3.54. The van der Waals surface area contributed by atoms with Crippen molar-refractivity contribution in [1.29, 1.82) is 0 Å². The summed E-state index contributed by atoms with van der Waals surface area (Å²) in [7, 11) is 0. The van der Waals surface area contributed by atoms with Gasteiger partial charge in [-0.1, -0.05) is 30.3 Å². The summed E-state index contributed by atoms with van der Waals surface area (Å²) in [6, 6.07) is 12.6. The molecule has 0 saturated heterocycles. The van der Waals surface area contributed by atoms with Crippen LogP contribution in [0.3, 0.4) is 0 Å². The molecule has 0 atom stereocenters. The number of nitrogens with one attached hydrogen (secondary N) is 1. The van der Waals surface area contributed by atoms with Gasteiger partial charge in [-0.3, -0.25) is 4.79 Å². The van der Waals surface area contributed by atoms with Crippen LogP contribution in [0.15, 0.2) is 51.7 Å². The molecule has 2 aromatic carbocycles. The zero-order chi connectivity index (χ0) is 18.7. The molecule has 0 saturated carbocycles. The molecule has 3 rings (SSSR count). The third-order valence-electron chi connectivity index (χ3n) is 4.32. The molecule has 1 amide bonds. The van der Waals surface area contributed by atoms with Crippen LogP contribution in [0, 0.1) is 6.92 Å². The Morgan fingerprint density at radius 1 is 1.12 bits per heavy atom. The first kappa shape index (κ1) is 17.5. The lowest BCUT2D eigenvalue weighted by Crippen LogP contribution is -2.29. The van der Waals surface area contributed by atoms with E-state index in [0.717, 1.165) is 5.56 Å². The van der Waals surface area contributed by atoms with E-state index in [2.05, 4.69) is 5.32 Å². The van der Waals surface area contributed by atoms with Crippen LogP contribution in [0.5, 0.6) is 11.5 Å². The van der Waals surface area contributed by atoms with Gasteiger partial charge in [0.15, 0.2) is 11.3 Å². The second-order valence-corrected chi connectivity index (χ2v) is 6.07. The van der Waals surface area contributed by atoms with Crippen LogP contribution in [0.2, 0.25) is 0 Å². The first-order chi connectivity index (χ1) is 12.5. The Hall–Kier alpha value is -3.28. The summed E-state index contributed by atoms with van der Waals surface area (Å²) in [5, 5.41) is 22.6. The summed E-state index contributed by atoms with van der Waals surface area (Å²) in [6.45, 7) is 2.15. The van der Waals surface area contributed by atoms with Crippen molar-refractivity contribution >= 4 is 16.9 Å². The Labute approximate surface area is 149 Å². The predicted octanol–water partition coefficient (Wildman–Crippen LogP) is 2.41. The average Bonchev–Trinajstić information content (AvgIpc) is 2.63. The first-order valence-corrected chi connectivity index (χ1v) is 8.25. The number of phenols is 2. The molecule has 26 heavy (non-hydrogen) atoms. The predicted molar refractivity (Wildman–Crippen MR) is 97.4 cm³/mol. The third-order valence-corrected chi connectivity index (χ3v) is 4.32. The highest BCUT2D eigenvalue weighted by Crippen LogP contribution is 2.34. The Kier molecular flexibility index (Phi) is 4.93. The number of hydrogen-bond acceptors (Lipinski definition) is 5. The van der Waals surface area contributed by atoms with E-state index in [-0.39, 0.29) is 29.2 Å². The van der Waals surface area contributed by atoms with Gasteiger partial charge in [0.05, 0.1) is 12.0 Å². The van der Waals surface area contributed by atoms with Gasteiger partial charge in [-0.15, -0.1) is 0 Å². The van der Waals surface area contributed by atoms with Gasteiger partial charge in [-0.05, 0) is 36.6 Å². The van der Waals surface area contributed by atoms with Crippen molar-refractivity contribution in [3.8, 4) is 11.5 Å². The normalized spacial score (nSPS) is 10.8. The van der Waals surface area contributed by atoms with Crippen molar-refractivity contribution < 1.29 is 19.4 Å². The lowest BCUT2D eigenvalue weighted by Gasteiger charge is -2.10. The van der Waals surface area contributed by atoms with Crippen molar-refractivity contribution in [2.24, 2.45) is 0 Å². The van der Waals surface area contributed by atoms with E-state index >= 15 is 0 Å². The van der Waals surface area contributed by atoms with Gasteiger partial charge < -0.3 is 19.9 Å². The zero-order valence-corrected chi connectivity index (χ0v) is 14.3. The van der Waals surface area contributed by atoms with Crippen LogP contribution in [0.25, 0.3) is 11.0 Å². The summed E-state index contributed by atoms with van der Waals surface area (Å²) in [5.41, 5.74) is 1.11. The molecule has 0 fully saturated rings. The number of hydrogen-bond donors (Lipinski definition) is 3. The number of phenolic OH excluding ortho intramolecular Hbond substituents is 2. The maximum atomic E-state index is 12.2. The van der Waals surface area contributed by atoms with E-state index in [1.54, 1.807) is 13.0 Å². The fourth-order valence-electron chi connectivity index (χ4n) is 2.85. The van der Waals surface area contributed by atoms with E-state index < -0.39 is 11.4 Å². The Morgan fingerprint density at radius 2 is 1.85 bits per heavy atom. The summed E-state index contributed by atoms with van der Waals surface area (Å²) in [4.78, 5) is 24.4. The number of amides is 1. The van der Waals surface area contributed by atoms with Gasteiger partial charge in [0.1, 0.15) is 0 Å². The van der Waals surface area contributed by atoms with Crippen molar-refractivity contribution in [3.05, 3.63) is 69.6 Å². The number of carbonyl (C=O) groups excluding carboxylic acids is 1. The Morgan fingerprint density at radius 3 is 2.58 bits per heavy atom. The van der Waals surface area contributed by atoms with E-state index in [0.29, 0.717) is 23.9 Å². The highest BCUT2D eigenvalue weighted by atomic mass is 16.4. The van der Waals surface area contributed by atoms with Crippen molar-refractivity contribution in [1.82, 2.24) is 5.32 Å². The smallest absolute Gasteiger partial charge is 0.340 e. The number of aromatic hydroxyl groups is 2.